The van der Waals surface area contributed by atoms with Crippen molar-refractivity contribution in [3.05, 3.63) is 70.2 Å². The lowest BCUT2D eigenvalue weighted by Crippen LogP contribution is -2.35. The highest BCUT2D eigenvalue weighted by molar-refractivity contribution is 6.30. The molecule has 0 radical (unpaired) electrons. The van der Waals surface area contributed by atoms with E-state index in [2.05, 4.69) is 5.32 Å². The van der Waals surface area contributed by atoms with Crippen LogP contribution in [0.5, 0.6) is 0 Å². The van der Waals surface area contributed by atoms with Gasteiger partial charge in [0.25, 0.3) is 5.91 Å². The van der Waals surface area contributed by atoms with E-state index in [1.54, 1.807) is 55.5 Å². The molecule has 114 valence electrons. The summed E-state index contributed by atoms with van der Waals surface area (Å²) in [5.74, 6) is -0.640. The van der Waals surface area contributed by atoms with Gasteiger partial charge in [-0.3, -0.25) is 9.59 Å². The Labute approximate surface area is 133 Å². The van der Waals surface area contributed by atoms with E-state index in [0.29, 0.717) is 16.1 Å². The first-order valence-electron chi connectivity index (χ1n) is 6.84. The highest BCUT2D eigenvalue weighted by atomic mass is 35.5. The van der Waals surface area contributed by atoms with Crippen LogP contribution in [0.4, 0.5) is 0 Å². The lowest BCUT2D eigenvalue weighted by Gasteiger charge is -2.13. The number of nitrogens with one attached hydrogen (secondary N) is 1. The van der Waals surface area contributed by atoms with Gasteiger partial charge in [-0.2, -0.15) is 0 Å². The Hall–Kier alpha value is -2.17. The molecule has 2 aromatic carbocycles. The number of rotatable bonds is 5. The maximum Gasteiger partial charge on any atom is 0.252 e. The van der Waals surface area contributed by atoms with Gasteiger partial charge >= 0.3 is 0 Å². The van der Waals surface area contributed by atoms with Gasteiger partial charge in [0.2, 0.25) is 0 Å². The minimum atomic E-state index is -0.389. The van der Waals surface area contributed by atoms with E-state index in [0.717, 1.165) is 0 Å². The van der Waals surface area contributed by atoms with Crippen molar-refractivity contribution in [2.24, 2.45) is 0 Å². The van der Waals surface area contributed by atoms with Crippen LogP contribution in [0.25, 0.3) is 0 Å². The second-order valence-electron chi connectivity index (χ2n) is 4.94. The van der Waals surface area contributed by atoms with Crippen molar-refractivity contribution in [3.63, 3.8) is 0 Å². The maximum absolute atomic E-state index is 12.6. The van der Waals surface area contributed by atoms with Gasteiger partial charge in [-0.1, -0.05) is 29.8 Å². The van der Waals surface area contributed by atoms with Crippen molar-refractivity contribution in [1.82, 2.24) is 5.32 Å². The highest BCUT2D eigenvalue weighted by Gasteiger charge is 2.18. The third kappa shape index (κ3) is 3.72. The number of carbonyl (C=O) groups excluding carboxylic acids is 2. The van der Waals surface area contributed by atoms with Crippen LogP contribution >= 0.6 is 11.6 Å². The first-order chi connectivity index (χ1) is 10.5. The van der Waals surface area contributed by atoms with Crippen LogP contribution in [0, 0.1) is 0 Å². The zero-order valence-corrected chi connectivity index (χ0v) is 12.8. The van der Waals surface area contributed by atoms with Gasteiger partial charge < -0.3 is 10.4 Å². The minimum Gasteiger partial charge on any atom is -0.394 e. The van der Waals surface area contributed by atoms with Gasteiger partial charge in [-0.15, -0.1) is 0 Å². The van der Waals surface area contributed by atoms with E-state index in [4.69, 9.17) is 16.7 Å². The molecule has 2 N–H and O–H groups in total. The normalized spacial score (nSPS) is 11.8. The average molecular weight is 318 g/mol. The SMILES string of the molecule is CC(CO)NC(=O)c1ccccc1C(=O)c1ccc(Cl)cc1. The molecule has 2 rings (SSSR count). The molecule has 0 aliphatic heterocycles. The molecular weight excluding hydrogens is 302 g/mol. The van der Waals surface area contributed by atoms with Gasteiger partial charge in [0.05, 0.1) is 12.2 Å². The van der Waals surface area contributed by atoms with Crippen molar-refractivity contribution in [3.8, 4) is 0 Å². The first kappa shape index (κ1) is 16.2. The number of benzene rings is 2. The van der Waals surface area contributed by atoms with Crippen molar-refractivity contribution in [2.75, 3.05) is 6.61 Å². The van der Waals surface area contributed by atoms with Crippen LogP contribution in [0.2, 0.25) is 5.02 Å². The summed E-state index contributed by atoms with van der Waals surface area (Å²) in [5, 5.41) is 12.2. The molecule has 0 bridgehead atoms. The number of hydrogen-bond acceptors (Lipinski definition) is 3. The van der Waals surface area contributed by atoms with Crippen LogP contribution in [-0.4, -0.2) is 29.4 Å². The predicted octanol–water partition coefficient (Wildman–Crippen LogP) is 2.68. The number of aliphatic hydroxyl groups excluding tert-OH is 1. The number of aliphatic hydroxyl groups is 1. The molecule has 22 heavy (non-hydrogen) atoms. The monoisotopic (exact) mass is 317 g/mol. The van der Waals surface area contributed by atoms with Crippen LogP contribution < -0.4 is 5.32 Å². The third-order valence-electron chi connectivity index (χ3n) is 3.17. The van der Waals surface area contributed by atoms with Gasteiger partial charge in [0.1, 0.15) is 0 Å². The zero-order chi connectivity index (χ0) is 16.1. The number of carbonyl (C=O) groups is 2. The summed E-state index contributed by atoms with van der Waals surface area (Å²) >= 11 is 5.82. The molecule has 1 amide bonds. The first-order valence-corrected chi connectivity index (χ1v) is 7.21. The van der Waals surface area contributed by atoms with Crippen LogP contribution in [-0.2, 0) is 0 Å². The van der Waals surface area contributed by atoms with Crippen molar-refractivity contribution in [2.45, 2.75) is 13.0 Å². The van der Waals surface area contributed by atoms with E-state index < -0.39 is 0 Å². The Bertz CT molecular complexity index is 683. The molecule has 2 aromatic rings. The van der Waals surface area contributed by atoms with Gasteiger partial charge in [-0.25, -0.2) is 0 Å². The third-order valence-corrected chi connectivity index (χ3v) is 3.43. The molecule has 0 saturated heterocycles. The molecule has 1 atom stereocenters. The van der Waals surface area contributed by atoms with Gasteiger partial charge in [-0.05, 0) is 37.3 Å². The van der Waals surface area contributed by atoms with E-state index in [1.165, 1.54) is 0 Å². The molecular formula is C17H16ClNO3. The second-order valence-corrected chi connectivity index (χ2v) is 5.38. The summed E-state index contributed by atoms with van der Waals surface area (Å²) in [5.41, 5.74) is 1.05. The van der Waals surface area contributed by atoms with E-state index >= 15 is 0 Å². The Balaban J connectivity index is 2.33. The van der Waals surface area contributed by atoms with E-state index in [-0.39, 0.29) is 29.9 Å². The van der Waals surface area contributed by atoms with E-state index in [1.807, 2.05) is 0 Å². The smallest absolute Gasteiger partial charge is 0.252 e. The lowest BCUT2D eigenvalue weighted by molar-refractivity contribution is 0.0913. The molecule has 0 aromatic heterocycles. The van der Waals surface area contributed by atoms with Crippen molar-refractivity contribution in [1.29, 1.82) is 0 Å². The molecule has 0 aliphatic rings. The molecule has 0 saturated carbocycles. The van der Waals surface area contributed by atoms with Crippen LogP contribution in [0.1, 0.15) is 33.2 Å². The summed E-state index contributed by atoms with van der Waals surface area (Å²) in [6, 6.07) is 12.7. The van der Waals surface area contributed by atoms with Crippen LogP contribution in [0.15, 0.2) is 48.5 Å². The number of amides is 1. The highest BCUT2D eigenvalue weighted by Crippen LogP contribution is 2.17. The summed E-state index contributed by atoms with van der Waals surface area (Å²) < 4.78 is 0. The summed E-state index contributed by atoms with van der Waals surface area (Å²) in [7, 11) is 0. The largest absolute Gasteiger partial charge is 0.394 e. The Morgan fingerprint density at radius 2 is 1.68 bits per heavy atom. The Kier molecular flexibility index (Phi) is 5.31. The topological polar surface area (TPSA) is 66.4 Å². The van der Waals surface area contributed by atoms with E-state index in [9.17, 15) is 9.59 Å². The fourth-order valence-electron chi connectivity index (χ4n) is 1.98. The summed E-state index contributed by atoms with van der Waals surface area (Å²) in [6.07, 6.45) is 0. The second kappa shape index (κ2) is 7.20. The molecule has 5 heteroatoms. The van der Waals surface area contributed by atoms with Crippen molar-refractivity contribution < 1.29 is 14.7 Å². The predicted molar refractivity (Wildman–Crippen MR) is 85.3 cm³/mol. The fourth-order valence-corrected chi connectivity index (χ4v) is 2.11. The lowest BCUT2D eigenvalue weighted by atomic mass is 9.98. The number of hydrogen-bond donors (Lipinski definition) is 2. The summed E-state index contributed by atoms with van der Waals surface area (Å²) in [6.45, 7) is 1.51. The number of ketones is 1. The molecule has 0 heterocycles. The number of halogens is 1. The zero-order valence-electron chi connectivity index (χ0n) is 12.0. The fraction of sp³-hybridized carbons (Fsp3) is 0.176. The average Bonchev–Trinajstić information content (AvgIpc) is 2.54. The Morgan fingerprint density at radius 1 is 1.09 bits per heavy atom. The molecule has 0 fully saturated rings. The Morgan fingerprint density at radius 3 is 2.27 bits per heavy atom. The molecule has 1 unspecified atom stereocenters. The van der Waals surface area contributed by atoms with Gasteiger partial charge in [0, 0.05) is 22.2 Å². The molecule has 0 spiro atoms. The minimum absolute atomic E-state index is 0.168. The molecule has 0 aliphatic carbocycles. The maximum atomic E-state index is 12.6. The van der Waals surface area contributed by atoms with Gasteiger partial charge in [0.15, 0.2) is 5.78 Å². The van der Waals surface area contributed by atoms with Crippen molar-refractivity contribution >= 4 is 23.3 Å². The molecule has 4 nitrogen and oxygen atoms in total. The standard InChI is InChI=1S/C17H16ClNO3/c1-11(10-20)19-17(22)15-5-3-2-4-14(15)16(21)12-6-8-13(18)9-7-12/h2-9,11,20H,10H2,1H3,(H,19,22). The quantitative estimate of drug-likeness (QED) is 0.833. The van der Waals surface area contributed by atoms with Crippen LogP contribution in [0.3, 0.4) is 0 Å². The summed E-state index contributed by atoms with van der Waals surface area (Å²) in [4.78, 5) is 24.8.